The Morgan fingerprint density at radius 3 is 2.36 bits per heavy atom. The molecule has 1 aromatic heterocycles. The lowest BCUT2D eigenvalue weighted by atomic mass is 9.87. The highest BCUT2D eigenvalue weighted by Gasteiger charge is 2.42. The van der Waals surface area contributed by atoms with Crippen LogP contribution < -0.4 is 10.1 Å². The molecule has 0 bridgehead atoms. The Kier molecular flexibility index (Phi) is 8.58. The van der Waals surface area contributed by atoms with Crippen LogP contribution in [0.4, 0.5) is 13.2 Å². The molecule has 1 heterocycles. The van der Waals surface area contributed by atoms with Crippen LogP contribution in [0.1, 0.15) is 62.4 Å². The first kappa shape index (κ1) is 28.9. The van der Waals surface area contributed by atoms with Crippen molar-refractivity contribution < 1.29 is 31.1 Å². The lowest BCUT2D eigenvalue weighted by Crippen LogP contribution is -2.32. The van der Waals surface area contributed by atoms with Crippen LogP contribution in [0.5, 0.6) is 6.01 Å². The van der Waals surface area contributed by atoms with E-state index in [4.69, 9.17) is 4.74 Å². The predicted octanol–water partition coefficient (Wildman–Crippen LogP) is 5.92. The van der Waals surface area contributed by atoms with Gasteiger partial charge in [0.25, 0.3) is 11.9 Å². The van der Waals surface area contributed by atoms with E-state index in [0.29, 0.717) is 36.5 Å². The van der Waals surface area contributed by atoms with Crippen LogP contribution in [-0.4, -0.2) is 41.9 Å². The van der Waals surface area contributed by atoms with Crippen molar-refractivity contribution in [3.8, 4) is 6.01 Å². The van der Waals surface area contributed by atoms with Crippen molar-refractivity contribution in [2.45, 2.75) is 76.7 Å². The summed E-state index contributed by atoms with van der Waals surface area (Å²) in [5, 5.41) is 2.84. The maximum atomic E-state index is 13.1. The Bertz CT molecular complexity index is 1410. The van der Waals surface area contributed by atoms with E-state index in [1.807, 2.05) is 4.57 Å². The number of nitrogens with one attached hydrogen (secondary N) is 1. The topological polar surface area (TPSA) is 90.3 Å². The van der Waals surface area contributed by atoms with E-state index in [9.17, 15) is 26.4 Å². The van der Waals surface area contributed by atoms with Gasteiger partial charge < -0.3 is 10.1 Å². The fourth-order valence-corrected chi connectivity index (χ4v) is 5.69. The van der Waals surface area contributed by atoms with Crippen molar-refractivity contribution >= 4 is 26.8 Å². The zero-order valence-corrected chi connectivity index (χ0v) is 23.1. The summed E-state index contributed by atoms with van der Waals surface area (Å²) in [5.74, 6) is -1.30. The molecular formula is C28H34F3N3O4S. The number of halogens is 3. The maximum absolute atomic E-state index is 13.1. The standard InChI is InChI=1S/C28H34F3N3O4S/c1-4-39(36,37)23-12-5-19(6-13-23)16-32-26(35)20-7-14-25-24(15-20)33-27(34(25)17-18(2)3)38-22-10-8-21(9-11-22)28(29,30)31/h5-7,12-15,18,21-22H,4,8-11,16-17H2,1-3H3,(H,32,35)/t21-,22-. The number of sulfone groups is 1. The average molecular weight is 566 g/mol. The molecule has 0 spiro atoms. The minimum atomic E-state index is -4.17. The normalized spacial score (nSPS) is 18.4. The summed E-state index contributed by atoms with van der Waals surface area (Å²) < 4.78 is 71.2. The number of rotatable bonds is 9. The molecule has 1 N–H and O–H groups in total. The number of carbonyl (C=O) groups is 1. The van der Waals surface area contributed by atoms with Crippen molar-refractivity contribution in [1.29, 1.82) is 0 Å². The first-order valence-electron chi connectivity index (χ1n) is 13.2. The third-order valence-corrected chi connectivity index (χ3v) is 8.80. The molecule has 0 atom stereocenters. The molecule has 7 nitrogen and oxygen atoms in total. The molecule has 1 amide bonds. The molecule has 2 aromatic carbocycles. The van der Waals surface area contributed by atoms with Crippen molar-refractivity contribution in [1.82, 2.24) is 14.9 Å². The Labute approximate surface area is 226 Å². The summed E-state index contributed by atoms with van der Waals surface area (Å²) in [6, 6.07) is 11.9. The molecule has 0 aliphatic heterocycles. The van der Waals surface area contributed by atoms with Crippen LogP contribution in [0.3, 0.4) is 0 Å². The molecular weight excluding hydrogens is 531 g/mol. The molecule has 0 unspecified atom stereocenters. The predicted molar refractivity (Wildman–Crippen MR) is 142 cm³/mol. The SMILES string of the molecule is CCS(=O)(=O)c1ccc(CNC(=O)c2ccc3c(c2)nc(O[C@H]2CC[C@H](C(F)(F)F)CC2)n3CC(C)C)cc1. The van der Waals surface area contributed by atoms with E-state index in [-0.39, 0.29) is 48.0 Å². The highest BCUT2D eigenvalue weighted by atomic mass is 32.2. The van der Waals surface area contributed by atoms with Crippen LogP contribution in [0.2, 0.25) is 0 Å². The van der Waals surface area contributed by atoms with Gasteiger partial charge in [-0.2, -0.15) is 18.2 Å². The molecule has 3 aromatic rings. The molecule has 212 valence electrons. The second-order valence-corrected chi connectivity index (χ2v) is 12.7. The molecule has 4 rings (SSSR count). The highest BCUT2D eigenvalue weighted by Crippen LogP contribution is 2.38. The van der Waals surface area contributed by atoms with Crippen LogP contribution in [0.15, 0.2) is 47.4 Å². The van der Waals surface area contributed by atoms with Crippen LogP contribution in [-0.2, 0) is 22.9 Å². The van der Waals surface area contributed by atoms with Crippen LogP contribution >= 0.6 is 0 Å². The Morgan fingerprint density at radius 2 is 1.77 bits per heavy atom. The minimum absolute atomic E-state index is 0.0183. The van der Waals surface area contributed by atoms with Crippen LogP contribution in [0, 0.1) is 11.8 Å². The number of benzene rings is 2. The van der Waals surface area contributed by atoms with E-state index in [2.05, 4.69) is 24.1 Å². The summed E-state index contributed by atoms with van der Waals surface area (Å²) in [6.07, 6.45) is -3.80. The number of hydrogen-bond acceptors (Lipinski definition) is 5. The van der Waals surface area contributed by atoms with E-state index in [1.165, 1.54) is 12.1 Å². The summed E-state index contributed by atoms with van der Waals surface area (Å²) in [5.41, 5.74) is 2.51. The van der Waals surface area contributed by atoms with Crippen molar-refractivity contribution in [3.63, 3.8) is 0 Å². The van der Waals surface area contributed by atoms with Gasteiger partial charge in [-0.15, -0.1) is 0 Å². The molecule has 0 saturated heterocycles. The monoisotopic (exact) mass is 565 g/mol. The van der Waals surface area contributed by atoms with Gasteiger partial charge in [-0.3, -0.25) is 9.36 Å². The maximum Gasteiger partial charge on any atom is 0.391 e. The number of amides is 1. The van der Waals surface area contributed by atoms with Gasteiger partial charge in [0.15, 0.2) is 9.84 Å². The number of hydrogen-bond donors (Lipinski definition) is 1. The molecule has 1 fully saturated rings. The largest absolute Gasteiger partial charge is 0.461 e. The van der Waals surface area contributed by atoms with Crippen molar-refractivity contribution in [2.75, 3.05) is 5.75 Å². The minimum Gasteiger partial charge on any atom is -0.461 e. The van der Waals surface area contributed by atoms with Gasteiger partial charge in [0.2, 0.25) is 0 Å². The lowest BCUT2D eigenvalue weighted by Gasteiger charge is -2.30. The molecule has 1 aliphatic carbocycles. The van der Waals surface area contributed by atoms with Gasteiger partial charge >= 0.3 is 6.18 Å². The lowest BCUT2D eigenvalue weighted by molar-refractivity contribution is -0.185. The molecule has 39 heavy (non-hydrogen) atoms. The second kappa shape index (κ2) is 11.6. The Balaban J connectivity index is 1.47. The quantitative estimate of drug-likeness (QED) is 0.348. The third kappa shape index (κ3) is 6.93. The average Bonchev–Trinajstić information content (AvgIpc) is 3.22. The number of nitrogens with zero attached hydrogens (tertiary/aromatic N) is 2. The van der Waals surface area contributed by atoms with Gasteiger partial charge in [-0.1, -0.05) is 32.9 Å². The summed E-state index contributed by atoms with van der Waals surface area (Å²) in [6.45, 7) is 6.52. The molecule has 1 saturated carbocycles. The van der Waals surface area contributed by atoms with Gasteiger partial charge in [-0.05, 0) is 67.5 Å². The van der Waals surface area contributed by atoms with E-state index in [0.717, 1.165) is 11.1 Å². The van der Waals surface area contributed by atoms with Crippen molar-refractivity contribution in [3.05, 3.63) is 53.6 Å². The van der Waals surface area contributed by atoms with Gasteiger partial charge in [-0.25, -0.2) is 8.42 Å². The molecule has 0 radical (unpaired) electrons. The fraction of sp³-hybridized carbons (Fsp3) is 0.500. The van der Waals surface area contributed by atoms with Crippen molar-refractivity contribution in [2.24, 2.45) is 11.8 Å². The second-order valence-electron chi connectivity index (χ2n) is 10.5. The smallest absolute Gasteiger partial charge is 0.391 e. The number of imidazole rings is 1. The Hall–Kier alpha value is -3.08. The fourth-order valence-electron chi connectivity index (χ4n) is 4.80. The van der Waals surface area contributed by atoms with E-state index < -0.39 is 21.9 Å². The first-order valence-corrected chi connectivity index (χ1v) is 14.9. The zero-order valence-electron chi connectivity index (χ0n) is 22.3. The van der Waals surface area contributed by atoms with Gasteiger partial charge in [0, 0.05) is 18.7 Å². The summed E-state index contributed by atoms with van der Waals surface area (Å²) in [7, 11) is -3.29. The number of ether oxygens (including phenoxy) is 1. The van der Waals surface area contributed by atoms with E-state index >= 15 is 0 Å². The number of carbonyl (C=O) groups excluding carboxylic acids is 1. The Morgan fingerprint density at radius 1 is 1.10 bits per heavy atom. The van der Waals surface area contributed by atoms with Gasteiger partial charge in [0.05, 0.1) is 27.6 Å². The van der Waals surface area contributed by atoms with Gasteiger partial charge in [0.1, 0.15) is 6.10 Å². The third-order valence-electron chi connectivity index (χ3n) is 7.05. The summed E-state index contributed by atoms with van der Waals surface area (Å²) >= 11 is 0. The van der Waals surface area contributed by atoms with E-state index in [1.54, 1.807) is 37.3 Å². The number of fused-ring (bicyclic) bond motifs is 1. The van der Waals surface area contributed by atoms with Crippen LogP contribution in [0.25, 0.3) is 11.0 Å². The number of aromatic nitrogens is 2. The summed E-state index contributed by atoms with van der Waals surface area (Å²) in [4.78, 5) is 17.7. The number of alkyl halides is 3. The first-order chi connectivity index (χ1) is 18.4. The molecule has 1 aliphatic rings. The zero-order chi connectivity index (χ0) is 28.4. The highest BCUT2D eigenvalue weighted by molar-refractivity contribution is 7.91. The molecule has 11 heteroatoms.